The molecule has 2 aromatic rings. The zero-order valence-corrected chi connectivity index (χ0v) is 11.5. The monoisotopic (exact) mass is 285 g/mol. The molecular formula is C15H11NO3S. The maximum absolute atomic E-state index is 11.6. The van der Waals surface area contributed by atoms with Crippen LogP contribution in [0.3, 0.4) is 0 Å². The largest absolute Gasteiger partial charge is 0.496 e. The number of amides is 2. The van der Waals surface area contributed by atoms with Gasteiger partial charge in [0.2, 0.25) is 0 Å². The van der Waals surface area contributed by atoms with E-state index >= 15 is 0 Å². The molecule has 3 rings (SSSR count). The topological polar surface area (TPSA) is 55.4 Å². The summed E-state index contributed by atoms with van der Waals surface area (Å²) in [5.74, 6) is 0.433. The minimum atomic E-state index is -0.347. The van der Waals surface area contributed by atoms with Crippen LogP contribution in [0.1, 0.15) is 5.56 Å². The van der Waals surface area contributed by atoms with E-state index in [4.69, 9.17) is 4.74 Å². The van der Waals surface area contributed by atoms with E-state index in [9.17, 15) is 9.59 Å². The molecule has 0 aliphatic carbocycles. The molecule has 20 heavy (non-hydrogen) atoms. The van der Waals surface area contributed by atoms with Crippen molar-refractivity contribution >= 4 is 39.8 Å². The van der Waals surface area contributed by atoms with Crippen molar-refractivity contribution in [3.63, 3.8) is 0 Å². The Morgan fingerprint density at radius 1 is 1.10 bits per heavy atom. The summed E-state index contributed by atoms with van der Waals surface area (Å²) >= 11 is 0.917. The fourth-order valence-electron chi connectivity index (χ4n) is 2.16. The number of methoxy groups -OCH3 is 1. The first kappa shape index (κ1) is 12.7. The Labute approximate surface area is 119 Å². The fourth-order valence-corrected chi connectivity index (χ4v) is 2.83. The lowest BCUT2D eigenvalue weighted by molar-refractivity contribution is -0.115. The molecule has 0 bridgehead atoms. The number of carbonyl (C=O) groups excluding carboxylic acids is 2. The zero-order valence-electron chi connectivity index (χ0n) is 10.7. The maximum Gasteiger partial charge on any atom is 0.290 e. The van der Waals surface area contributed by atoms with Gasteiger partial charge in [-0.3, -0.25) is 14.9 Å². The number of nitrogens with one attached hydrogen (secondary N) is 1. The Hall–Kier alpha value is -2.27. The number of benzene rings is 2. The first-order valence-electron chi connectivity index (χ1n) is 5.99. The van der Waals surface area contributed by atoms with Gasteiger partial charge in [-0.2, -0.15) is 0 Å². The summed E-state index contributed by atoms with van der Waals surface area (Å²) in [7, 11) is 1.62. The first-order valence-corrected chi connectivity index (χ1v) is 6.81. The first-order chi connectivity index (χ1) is 9.69. The summed E-state index contributed by atoms with van der Waals surface area (Å²) < 4.78 is 5.33. The molecule has 0 atom stereocenters. The number of hydrogen-bond acceptors (Lipinski definition) is 4. The minimum absolute atomic E-state index is 0.334. The molecule has 0 aromatic heterocycles. The third-order valence-electron chi connectivity index (χ3n) is 3.07. The molecule has 1 aliphatic heterocycles. The summed E-state index contributed by atoms with van der Waals surface area (Å²) in [6.07, 6.45) is 1.73. The van der Waals surface area contributed by atoms with Crippen molar-refractivity contribution in [1.29, 1.82) is 0 Å². The van der Waals surface area contributed by atoms with Gasteiger partial charge in [0.25, 0.3) is 11.1 Å². The number of imide groups is 1. The van der Waals surface area contributed by atoms with Gasteiger partial charge in [0.1, 0.15) is 5.75 Å². The molecule has 100 valence electrons. The highest BCUT2D eigenvalue weighted by molar-refractivity contribution is 8.18. The van der Waals surface area contributed by atoms with Gasteiger partial charge in [-0.05, 0) is 34.9 Å². The molecule has 1 aliphatic rings. The molecule has 1 heterocycles. The Kier molecular flexibility index (Phi) is 3.20. The molecule has 1 N–H and O–H groups in total. The summed E-state index contributed by atoms with van der Waals surface area (Å²) in [4.78, 5) is 23.2. The predicted molar refractivity (Wildman–Crippen MR) is 79.6 cm³/mol. The van der Waals surface area contributed by atoms with Crippen LogP contribution in [0.15, 0.2) is 41.3 Å². The molecule has 0 saturated carbocycles. The molecule has 1 saturated heterocycles. The number of rotatable bonds is 2. The normalized spacial score (nSPS) is 16.8. The van der Waals surface area contributed by atoms with Crippen LogP contribution in [0.25, 0.3) is 16.8 Å². The number of thioether (sulfide) groups is 1. The number of fused-ring (bicyclic) bond motifs is 1. The smallest absolute Gasteiger partial charge is 0.290 e. The van der Waals surface area contributed by atoms with Gasteiger partial charge in [-0.25, -0.2) is 0 Å². The van der Waals surface area contributed by atoms with Crippen molar-refractivity contribution in [3.05, 3.63) is 46.9 Å². The summed E-state index contributed by atoms with van der Waals surface area (Å²) in [6.45, 7) is 0. The quantitative estimate of drug-likeness (QED) is 0.861. The average Bonchev–Trinajstić information content (AvgIpc) is 2.77. The van der Waals surface area contributed by atoms with E-state index in [1.165, 1.54) is 0 Å². The van der Waals surface area contributed by atoms with Gasteiger partial charge < -0.3 is 4.74 Å². The number of hydrogen-bond donors (Lipinski definition) is 1. The van der Waals surface area contributed by atoms with Gasteiger partial charge in [0.05, 0.1) is 12.0 Å². The van der Waals surface area contributed by atoms with E-state index in [1.807, 2.05) is 36.4 Å². The van der Waals surface area contributed by atoms with Gasteiger partial charge >= 0.3 is 0 Å². The second-order valence-corrected chi connectivity index (χ2v) is 5.27. The van der Waals surface area contributed by atoms with Crippen LogP contribution in [0, 0.1) is 0 Å². The van der Waals surface area contributed by atoms with Gasteiger partial charge in [0, 0.05) is 5.39 Å². The zero-order chi connectivity index (χ0) is 14.1. The van der Waals surface area contributed by atoms with Crippen LogP contribution < -0.4 is 10.1 Å². The SMILES string of the molecule is COc1ccc(/C=C2/SC(=O)NC2=O)c2ccccc12. The van der Waals surface area contributed by atoms with Crippen LogP contribution in [0.5, 0.6) is 5.75 Å². The highest BCUT2D eigenvalue weighted by Crippen LogP contribution is 2.32. The Bertz CT molecular complexity index is 752. The van der Waals surface area contributed by atoms with Crippen LogP contribution >= 0.6 is 11.8 Å². The van der Waals surface area contributed by atoms with Crippen molar-refractivity contribution < 1.29 is 14.3 Å². The Morgan fingerprint density at radius 2 is 1.85 bits per heavy atom. The summed E-state index contributed by atoms with van der Waals surface area (Å²) in [6, 6.07) is 11.5. The van der Waals surface area contributed by atoms with Crippen molar-refractivity contribution in [1.82, 2.24) is 5.32 Å². The van der Waals surface area contributed by atoms with Crippen molar-refractivity contribution in [2.24, 2.45) is 0 Å². The molecule has 0 radical (unpaired) electrons. The molecule has 5 heteroatoms. The van der Waals surface area contributed by atoms with Crippen LogP contribution in [0.4, 0.5) is 4.79 Å². The van der Waals surface area contributed by atoms with Crippen LogP contribution in [-0.4, -0.2) is 18.3 Å². The second-order valence-electron chi connectivity index (χ2n) is 4.25. The standard InChI is InChI=1S/C15H11NO3S/c1-19-12-7-6-9(10-4-2-3-5-11(10)12)8-13-14(17)16-15(18)20-13/h2-8H,1H3,(H,16,17,18)/b13-8+. The number of carbonyl (C=O) groups is 2. The van der Waals surface area contributed by atoms with Crippen molar-refractivity contribution in [3.8, 4) is 5.75 Å². The highest BCUT2D eigenvalue weighted by Gasteiger charge is 2.25. The van der Waals surface area contributed by atoms with E-state index in [1.54, 1.807) is 13.2 Å². The Balaban J connectivity index is 2.16. The second kappa shape index (κ2) is 5.02. The van der Waals surface area contributed by atoms with Crippen LogP contribution in [-0.2, 0) is 4.79 Å². The molecule has 1 fully saturated rings. The lowest BCUT2D eigenvalue weighted by atomic mass is 10.0. The van der Waals surface area contributed by atoms with Gasteiger partial charge in [-0.15, -0.1) is 0 Å². The van der Waals surface area contributed by atoms with E-state index in [0.717, 1.165) is 33.8 Å². The van der Waals surface area contributed by atoms with Crippen molar-refractivity contribution in [2.45, 2.75) is 0 Å². The molecule has 0 unspecified atom stereocenters. The lowest BCUT2D eigenvalue weighted by Gasteiger charge is -2.08. The molecule has 2 aromatic carbocycles. The predicted octanol–water partition coefficient (Wildman–Crippen LogP) is 3.17. The Morgan fingerprint density at radius 3 is 2.50 bits per heavy atom. The maximum atomic E-state index is 11.6. The third kappa shape index (κ3) is 2.16. The molecular weight excluding hydrogens is 274 g/mol. The van der Waals surface area contributed by atoms with Gasteiger partial charge in [0.15, 0.2) is 0 Å². The van der Waals surface area contributed by atoms with Crippen LogP contribution in [0.2, 0.25) is 0 Å². The lowest BCUT2D eigenvalue weighted by Crippen LogP contribution is -2.17. The van der Waals surface area contributed by atoms with Gasteiger partial charge in [-0.1, -0.05) is 30.3 Å². The third-order valence-corrected chi connectivity index (χ3v) is 3.88. The van der Waals surface area contributed by atoms with E-state index in [2.05, 4.69) is 5.32 Å². The van der Waals surface area contributed by atoms with E-state index in [-0.39, 0.29) is 11.1 Å². The average molecular weight is 285 g/mol. The molecule has 4 nitrogen and oxygen atoms in total. The summed E-state index contributed by atoms with van der Waals surface area (Å²) in [5, 5.41) is 3.87. The molecule has 0 spiro atoms. The molecule has 2 amide bonds. The van der Waals surface area contributed by atoms with Crippen molar-refractivity contribution in [2.75, 3.05) is 7.11 Å². The summed E-state index contributed by atoms with van der Waals surface area (Å²) in [5.41, 5.74) is 0.883. The minimum Gasteiger partial charge on any atom is -0.496 e. The number of ether oxygens (including phenoxy) is 1. The highest BCUT2D eigenvalue weighted by atomic mass is 32.2. The fraction of sp³-hybridized carbons (Fsp3) is 0.0667. The van der Waals surface area contributed by atoms with E-state index in [0.29, 0.717) is 4.91 Å². The van der Waals surface area contributed by atoms with E-state index < -0.39 is 0 Å².